The van der Waals surface area contributed by atoms with E-state index in [2.05, 4.69) is 26.9 Å². The number of hydrogen-bond acceptors (Lipinski definition) is 5. The van der Waals surface area contributed by atoms with E-state index in [0.29, 0.717) is 11.7 Å². The molecule has 0 radical (unpaired) electrons. The first kappa shape index (κ1) is 16.2. The van der Waals surface area contributed by atoms with Gasteiger partial charge in [0.1, 0.15) is 0 Å². The molecule has 1 aromatic carbocycles. The number of likely N-dealkylation sites (tertiary alicyclic amines) is 1. The van der Waals surface area contributed by atoms with Crippen molar-refractivity contribution in [3.63, 3.8) is 0 Å². The molecule has 2 aliphatic heterocycles. The van der Waals surface area contributed by atoms with Crippen molar-refractivity contribution in [2.24, 2.45) is 0 Å². The second kappa shape index (κ2) is 6.93. The van der Waals surface area contributed by atoms with E-state index in [-0.39, 0.29) is 5.91 Å². The van der Waals surface area contributed by atoms with Gasteiger partial charge in [-0.2, -0.15) is 9.90 Å². The van der Waals surface area contributed by atoms with E-state index in [9.17, 15) is 4.79 Å². The van der Waals surface area contributed by atoms with Crippen molar-refractivity contribution in [3.05, 3.63) is 42.2 Å². The van der Waals surface area contributed by atoms with E-state index < -0.39 is 0 Å². The summed E-state index contributed by atoms with van der Waals surface area (Å²) < 4.78 is 0. The van der Waals surface area contributed by atoms with Gasteiger partial charge in [0.05, 0.1) is 11.9 Å². The maximum atomic E-state index is 12.6. The van der Waals surface area contributed by atoms with E-state index in [0.717, 1.165) is 51.5 Å². The molecule has 2 saturated heterocycles. The third-order valence-corrected chi connectivity index (χ3v) is 5.22. The monoisotopic (exact) mass is 340 g/mol. The van der Waals surface area contributed by atoms with Crippen LogP contribution in [0.3, 0.4) is 0 Å². The zero-order valence-corrected chi connectivity index (χ0v) is 14.6. The topological polar surface area (TPSA) is 57.5 Å². The molecule has 7 heteroatoms. The van der Waals surface area contributed by atoms with Crippen molar-refractivity contribution >= 4 is 5.91 Å². The van der Waals surface area contributed by atoms with Gasteiger partial charge in [0.2, 0.25) is 0 Å². The molecule has 4 rings (SSSR count). The molecule has 132 valence electrons. The van der Waals surface area contributed by atoms with E-state index in [1.807, 2.05) is 35.2 Å². The molecule has 0 unspecified atom stereocenters. The molecule has 0 bridgehead atoms. The molecule has 1 amide bonds. The van der Waals surface area contributed by atoms with E-state index >= 15 is 0 Å². The number of para-hydroxylation sites is 1. The molecule has 3 heterocycles. The van der Waals surface area contributed by atoms with Crippen LogP contribution in [0.1, 0.15) is 17.4 Å². The Morgan fingerprint density at radius 1 is 1.12 bits per heavy atom. The van der Waals surface area contributed by atoms with Crippen LogP contribution in [-0.2, 0) is 0 Å². The highest BCUT2D eigenvalue weighted by Crippen LogP contribution is 2.19. The summed E-state index contributed by atoms with van der Waals surface area (Å²) in [5, 5.41) is 8.55. The van der Waals surface area contributed by atoms with Crippen molar-refractivity contribution in [1.82, 2.24) is 29.7 Å². The predicted molar refractivity (Wildman–Crippen MR) is 94.7 cm³/mol. The first-order chi connectivity index (χ1) is 12.2. The smallest absolute Gasteiger partial charge is 0.276 e. The molecule has 0 aliphatic carbocycles. The van der Waals surface area contributed by atoms with Gasteiger partial charge in [0.25, 0.3) is 5.91 Å². The number of carbonyl (C=O) groups is 1. The number of likely N-dealkylation sites (N-methyl/N-ethyl adjacent to an activating group) is 1. The van der Waals surface area contributed by atoms with Gasteiger partial charge in [-0.1, -0.05) is 25.1 Å². The molecule has 0 saturated carbocycles. The van der Waals surface area contributed by atoms with Crippen LogP contribution in [0.5, 0.6) is 0 Å². The first-order valence-electron chi connectivity index (χ1n) is 8.98. The summed E-state index contributed by atoms with van der Waals surface area (Å²) in [5.74, 6) is -0.0226. The minimum atomic E-state index is -0.0226. The van der Waals surface area contributed by atoms with Gasteiger partial charge in [-0.25, -0.2) is 0 Å². The zero-order chi connectivity index (χ0) is 17.2. The van der Waals surface area contributed by atoms with Crippen molar-refractivity contribution in [2.75, 3.05) is 45.8 Å². The lowest BCUT2D eigenvalue weighted by atomic mass is 10.1. The van der Waals surface area contributed by atoms with Crippen LogP contribution in [-0.4, -0.2) is 87.5 Å². The average Bonchev–Trinajstić information content (AvgIpc) is 3.12. The summed E-state index contributed by atoms with van der Waals surface area (Å²) >= 11 is 0. The quantitative estimate of drug-likeness (QED) is 0.821. The lowest BCUT2D eigenvalue weighted by Gasteiger charge is -2.47. The number of aromatic nitrogens is 3. The van der Waals surface area contributed by atoms with Crippen LogP contribution in [0.25, 0.3) is 5.69 Å². The Kier molecular flexibility index (Phi) is 4.50. The van der Waals surface area contributed by atoms with Crippen LogP contribution in [0.4, 0.5) is 0 Å². The molecule has 2 fully saturated rings. The highest BCUT2D eigenvalue weighted by molar-refractivity contribution is 5.92. The summed E-state index contributed by atoms with van der Waals surface area (Å²) in [7, 11) is 0. The van der Waals surface area contributed by atoms with Gasteiger partial charge in [-0.15, -0.1) is 5.10 Å². The van der Waals surface area contributed by atoms with Crippen molar-refractivity contribution in [3.8, 4) is 5.69 Å². The second-order valence-corrected chi connectivity index (χ2v) is 6.69. The third kappa shape index (κ3) is 3.29. The highest BCUT2D eigenvalue weighted by Gasteiger charge is 2.37. The lowest BCUT2D eigenvalue weighted by Crippen LogP contribution is -2.64. The molecule has 0 spiro atoms. The Bertz CT molecular complexity index is 716. The van der Waals surface area contributed by atoms with Gasteiger partial charge in [0, 0.05) is 45.3 Å². The number of nitrogens with zero attached hydrogens (tertiary/aromatic N) is 6. The molecular formula is C18H24N6O. The molecular weight excluding hydrogens is 316 g/mol. The minimum Gasteiger partial charge on any atom is -0.334 e. The molecule has 0 atom stereocenters. The summed E-state index contributed by atoms with van der Waals surface area (Å²) in [5.41, 5.74) is 1.27. The first-order valence-corrected chi connectivity index (χ1v) is 8.98. The summed E-state index contributed by atoms with van der Waals surface area (Å²) in [4.78, 5) is 20.9. The van der Waals surface area contributed by atoms with E-state index in [4.69, 9.17) is 0 Å². The van der Waals surface area contributed by atoms with Gasteiger partial charge in [-0.05, 0) is 18.7 Å². The van der Waals surface area contributed by atoms with Gasteiger partial charge < -0.3 is 9.80 Å². The van der Waals surface area contributed by atoms with Gasteiger partial charge in [0.15, 0.2) is 5.69 Å². The normalized spacial score (nSPS) is 19.8. The largest absolute Gasteiger partial charge is 0.334 e. The molecule has 25 heavy (non-hydrogen) atoms. The molecule has 0 N–H and O–H groups in total. The maximum Gasteiger partial charge on any atom is 0.276 e. The number of benzene rings is 1. The number of piperazine rings is 1. The van der Waals surface area contributed by atoms with Crippen LogP contribution >= 0.6 is 0 Å². The Labute approximate surface area is 147 Å². The lowest BCUT2D eigenvalue weighted by molar-refractivity contribution is 0.00805. The van der Waals surface area contributed by atoms with Gasteiger partial charge >= 0.3 is 0 Å². The maximum absolute atomic E-state index is 12.6. The highest BCUT2D eigenvalue weighted by atomic mass is 16.2. The Morgan fingerprint density at radius 3 is 2.52 bits per heavy atom. The second-order valence-electron chi connectivity index (χ2n) is 6.69. The Morgan fingerprint density at radius 2 is 1.84 bits per heavy atom. The fourth-order valence-corrected chi connectivity index (χ4v) is 3.51. The van der Waals surface area contributed by atoms with Crippen molar-refractivity contribution < 1.29 is 4.79 Å². The van der Waals surface area contributed by atoms with Crippen molar-refractivity contribution in [2.45, 2.75) is 13.0 Å². The van der Waals surface area contributed by atoms with E-state index in [1.165, 1.54) is 4.80 Å². The van der Waals surface area contributed by atoms with Crippen LogP contribution in [0.15, 0.2) is 36.5 Å². The number of carbonyl (C=O) groups excluding carboxylic acids is 1. The number of hydrogen-bond donors (Lipinski definition) is 0. The van der Waals surface area contributed by atoms with E-state index in [1.54, 1.807) is 6.20 Å². The van der Waals surface area contributed by atoms with Gasteiger partial charge in [-0.3, -0.25) is 9.69 Å². The molecule has 2 aromatic rings. The molecule has 2 aliphatic rings. The molecule has 1 aromatic heterocycles. The van der Waals surface area contributed by atoms with Crippen molar-refractivity contribution in [1.29, 1.82) is 0 Å². The average molecular weight is 340 g/mol. The fourth-order valence-electron chi connectivity index (χ4n) is 3.51. The third-order valence-electron chi connectivity index (χ3n) is 5.22. The number of rotatable bonds is 4. The summed E-state index contributed by atoms with van der Waals surface area (Å²) in [6.07, 6.45) is 1.56. The summed E-state index contributed by atoms with van der Waals surface area (Å²) in [6, 6.07) is 10.1. The Balaban J connectivity index is 1.32. The minimum absolute atomic E-state index is 0.0226. The molecule has 7 nitrogen and oxygen atoms in total. The Hall–Kier alpha value is -2.25. The SMILES string of the molecule is CCN1CCN(C2CN(C(=O)c3cnn(-c4ccccc4)n3)C2)CC1. The van der Waals surface area contributed by atoms with Crippen LogP contribution < -0.4 is 0 Å². The number of amides is 1. The predicted octanol–water partition coefficient (Wildman–Crippen LogP) is 0.729. The zero-order valence-electron chi connectivity index (χ0n) is 14.6. The van der Waals surface area contributed by atoms with Crippen LogP contribution in [0, 0.1) is 0 Å². The summed E-state index contributed by atoms with van der Waals surface area (Å²) in [6.45, 7) is 9.39. The fraction of sp³-hybridized carbons (Fsp3) is 0.500. The standard InChI is InChI=1S/C18H24N6O/c1-2-21-8-10-22(11-9-21)16-13-23(14-16)18(25)17-12-19-24(20-17)15-6-4-3-5-7-15/h3-7,12,16H,2,8-11,13-14H2,1H3. The van der Waals surface area contributed by atoms with Crippen LogP contribution in [0.2, 0.25) is 0 Å².